The summed E-state index contributed by atoms with van der Waals surface area (Å²) in [6.45, 7) is 35.3. The molecule has 0 amide bonds. The van der Waals surface area contributed by atoms with Gasteiger partial charge in [0.2, 0.25) is 0 Å². The van der Waals surface area contributed by atoms with E-state index in [4.69, 9.17) is 24.3 Å². The molecule has 4 aliphatic heterocycles. The number of imidazole rings is 1. The molecule has 0 N–H and O–H groups in total. The summed E-state index contributed by atoms with van der Waals surface area (Å²) in [7, 11) is 0. The molecule has 0 radical (unpaired) electrons. The van der Waals surface area contributed by atoms with E-state index >= 15 is 0 Å². The van der Waals surface area contributed by atoms with Gasteiger partial charge in [-0.25, -0.2) is 0 Å². The molecule has 4 saturated heterocycles. The third-order valence-electron chi connectivity index (χ3n) is 11.7. The molecule has 0 saturated carbocycles. The zero-order chi connectivity index (χ0) is 45.0. The number of aromatic nitrogens is 2. The maximum atomic E-state index is 5.57. The van der Waals surface area contributed by atoms with Gasteiger partial charge in [-0.05, 0) is 126 Å². The van der Waals surface area contributed by atoms with Gasteiger partial charge in [-0.3, -0.25) is 9.13 Å². The Labute approximate surface area is 427 Å². The van der Waals surface area contributed by atoms with E-state index in [0.717, 1.165) is 64.4 Å². The normalized spacial score (nSPS) is 15.7. The first-order chi connectivity index (χ1) is 29.8. The van der Waals surface area contributed by atoms with E-state index in [0.29, 0.717) is 35.5 Å². The van der Waals surface area contributed by atoms with Gasteiger partial charge in [-0.15, -0.1) is 0 Å². The third kappa shape index (κ3) is 17.4. The van der Waals surface area contributed by atoms with Gasteiger partial charge in [0.05, 0.1) is 17.2 Å². The standard InChI is InChI=1S/C39H52N3.4C4H8O.K/c1-24(2)30-16-13-17-31(25(3)4)37(30)40-36-22-41(38-32(26(5)6)18-14-19-33(38)27(7)8)23-42(36)39-34(28(9)10)20-15-21-35(39)29(11)12;4*1-2-4-5-3-1;/h13-22,24-29H,1-12H3;4*1-4H2;/q-1;;;;;+1. The summed E-state index contributed by atoms with van der Waals surface area (Å²) in [5.41, 5.74) is 11.4. The quantitative estimate of drug-likeness (QED) is 0.0904. The second kappa shape index (κ2) is 29.7. The summed E-state index contributed by atoms with van der Waals surface area (Å²) in [5, 5.41) is 5.57. The van der Waals surface area contributed by atoms with Crippen LogP contribution in [0, 0.1) is 6.33 Å². The Hall–Kier alpha value is -1.85. The van der Waals surface area contributed by atoms with E-state index in [1.165, 1.54) is 96.1 Å². The average molecular weight is 890 g/mol. The minimum atomic E-state index is 0. The van der Waals surface area contributed by atoms with Crippen molar-refractivity contribution in [3.05, 3.63) is 106 Å². The maximum absolute atomic E-state index is 5.57. The van der Waals surface area contributed by atoms with Gasteiger partial charge in [-0.2, -0.15) is 0 Å². The predicted octanol–water partition coefficient (Wildman–Crippen LogP) is 11.8. The maximum Gasteiger partial charge on any atom is 1.00 e. The van der Waals surface area contributed by atoms with Crippen molar-refractivity contribution in [2.75, 3.05) is 52.9 Å². The molecular weight excluding hydrogens is 806 g/mol. The van der Waals surface area contributed by atoms with Crippen LogP contribution in [0.25, 0.3) is 16.7 Å². The van der Waals surface area contributed by atoms with E-state index in [-0.39, 0.29) is 51.4 Å². The molecule has 344 valence electrons. The van der Waals surface area contributed by atoms with Crippen molar-refractivity contribution in [3.63, 3.8) is 0 Å². The van der Waals surface area contributed by atoms with Crippen LogP contribution >= 0.6 is 0 Å². The Bertz CT molecular complexity index is 1720. The minimum absolute atomic E-state index is 0. The van der Waals surface area contributed by atoms with Gasteiger partial charge in [-0.1, -0.05) is 138 Å². The number of hydrogen-bond acceptors (Lipinski definition) is 4. The van der Waals surface area contributed by atoms with Crippen molar-refractivity contribution >= 4 is 11.5 Å². The first-order valence-electron chi connectivity index (χ1n) is 24.3. The molecule has 4 aliphatic rings. The SMILES string of the molecule is C1CCOC1.C1CCOC1.C1CCOC1.C1CCOC1.CC(C)c1cccc(C(C)C)c1[N-]c1c[n+](-c2c(C(C)C)cccc2C(C)C)[c-]n1-c1c(C(C)C)cccc1C(C)C.[K+]. The van der Waals surface area contributed by atoms with Crippen molar-refractivity contribution in [2.24, 2.45) is 0 Å². The monoisotopic (exact) mass is 890 g/mol. The second-order valence-electron chi connectivity index (χ2n) is 19.0. The zero-order valence-electron chi connectivity index (χ0n) is 42.0. The van der Waals surface area contributed by atoms with Crippen LogP contribution in [0.15, 0.2) is 60.8 Å². The summed E-state index contributed by atoms with van der Waals surface area (Å²) in [6, 6.07) is 20.2. The molecule has 63 heavy (non-hydrogen) atoms. The van der Waals surface area contributed by atoms with E-state index in [2.05, 4.69) is 159 Å². The molecule has 0 aliphatic carbocycles. The first-order valence-corrected chi connectivity index (χ1v) is 24.3. The fourth-order valence-corrected chi connectivity index (χ4v) is 8.08. The molecule has 1 aromatic heterocycles. The van der Waals surface area contributed by atoms with E-state index in [1.54, 1.807) is 0 Å². The smallest absolute Gasteiger partial charge is 0.438 e. The van der Waals surface area contributed by atoms with Crippen molar-refractivity contribution in [1.29, 1.82) is 0 Å². The number of benzene rings is 3. The van der Waals surface area contributed by atoms with Crippen LogP contribution in [0.1, 0.15) is 203 Å². The summed E-state index contributed by atoms with van der Waals surface area (Å²) in [5.74, 6) is 3.13. The summed E-state index contributed by atoms with van der Waals surface area (Å²) in [4.78, 5) is 0. The largest absolute Gasteiger partial charge is 1.00 e. The number of ether oxygens (including phenoxy) is 4. The average Bonchev–Trinajstić information content (AvgIpc) is 4.12. The van der Waals surface area contributed by atoms with Crippen LogP contribution in [-0.4, -0.2) is 57.4 Å². The second-order valence-corrected chi connectivity index (χ2v) is 19.0. The molecule has 0 spiro atoms. The third-order valence-corrected chi connectivity index (χ3v) is 11.7. The minimum Gasteiger partial charge on any atom is -0.438 e. The van der Waals surface area contributed by atoms with E-state index in [9.17, 15) is 0 Å². The predicted molar refractivity (Wildman–Crippen MR) is 260 cm³/mol. The molecule has 8 rings (SSSR count). The number of nitrogens with zero attached hydrogens (tertiary/aromatic N) is 3. The molecule has 8 heteroatoms. The van der Waals surface area contributed by atoms with E-state index < -0.39 is 0 Å². The molecule has 4 fully saturated rings. The summed E-state index contributed by atoms with van der Waals surface area (Å²) >= 11 is 0. The van der Waals surface area contributed by atoms with Crippen LogP contribution in [0.2, 0.25) is 0 Å². The Morgan fingerprint density at radius 1 is 0.444 bits per heavy atom. The topological polar surface area (TPSA) is 59.8 Å². The Morgan fingerprint density at radius 3 is 1.00 bits per heavy atom. The molecule has 4 aromatic rings. The van der Waals surface area contributed by atoms with Crippen molar-refractivity contribution < 1.29 is 74.9 Å². The number of hydrogen-bond donors (Lipinski definition) is 0. The molecule has 7 nitrogen and oxygen atoms in total. The Balaban J connectivity index is 0.000000404. The van der Waals surface area contributed by atoms with Gasteiger partial charge in [0.25, 0.3) is 6.33 Å². The molecule has 0 atom stereocenters. The number of para-hydroxylation sites is 3. The zero-order valence-corrected chi connectivity index (χ0v) is 45.1. The Morgan fingerprint density at radius 2 is 0.730 bits per heavy atom. The molecule has 3 aromatic carbocycles. The summed E-state index contributed by atoms with van der Waals surface area (Å²) in [6.07, 6.45) is 16.3. The van der Waals surface area contributed by atoms with Crippen molar-refractivity contribution in [1.82, 2.24) is 4.57 Å². The molecular formula is C55H84KN3O4. The Kier molecular flexibility index (Phi) is 26.2. The van der Waals surface area contributed by atoms with Crippen LogP contribution in [0.3, 0.4) is 0 Å². The van der Waals surface area contributed by atoms with Crippen LogP contribution in [-0.2, 0) is 18.9 Å². The van der Waals surface area contributed by atoms with Crippen LogP contribution in [0.4, 0.5) is 11.5 Å². The van der Waals surface area contributed by atoms with Gasteiger partial charge >= 0.3 is 51.4 Å². The van der Waals surface area contributed by atoms with Gasteiger partial charge in [0.1, 0.15) is 0 Å². The van der Waals surface area contributed by atoms with Gasteiger partial charge in [0, 0.05) is 59.1 Å². The van der Waals surface area contributed by atoms with E-state index in [1.807, 2.05) is 0 Å². The van der Waals surface area contributed by atoms with Crippen molar-refractivity contribution in [2.45, 2.75) is 170 Å². The molecule has 0 bridgehead atoms. The first kappa shape index (κ1) is 55.5. The molecule has 5 heterocycles. The fraction of sp³-hybridized carbons (Fsp3) is 0.618. The summed E-state index contributed by atoms with van der Waals surface area (Å²) < 4.78 is 24.3. The number of rotatable bonds is 10. The van der Waals surface area contributed by atoms with Crippen molar-refractivity contribution in [3.8, 4) is 11.4 Å². The van der Waals surface area contributed by atoms with Crippen LogP contribution < -0.4 is 56.0 Å². The van der Waals surface area contributed by atoms with Crippen LogP contribution in [0.5, 0.6) is 0 Å². The molecule has 0 unspecified atom stereocenters. The fourth-order valence-electron chi connectivity index (χ4n) is 8.08. The van der Waals surface area contributed by atoms with Gasteiger partial charge < -0.3 is 24.3 Å². The van der Waals surface area contributed by atoms with Gasteiger partial charge in [0.15, 0.2) is 0 Å².